The highest BCUT2D eigenvalue weighted by Gasteiger charge is 2.25. The van der Waals surface area contributed by atoms with Crippen molar-refractivity contribution in [3.05, 3.63) is 12.2 Å². The fraction of sp³-hybridized carbons (Fsp3) is 0.750. The van der Waals surface area contributed by atoms with Crippen LogP contribution in [0.2, 0.25) is 0 Å². The molecule has 2 rings (SSSR count). The number of nitrogens with zero attached hydrogens (tertiary/aromatic N) is 3. The predicted octanol–water partition coefficient (Wildman–Crippen LogP) is 0.196. The van der Waals surface area contributed by atoms with Crippen molar-refractivity contribution in [3.8, 4) is 0 Å². The Morgan fingerprint density at radius 3 is 2.78 bits per heavy atom. The Morgan fingerprint density at radius 2 is 2.22 bits per heavy atom. The summed E-state index contributed by atoms with van der Waals surface area (Å²) in [4.78, 5) is 12.0. The quantitative estimate of drug-likeness (QED) is 0.800. The minimum atomic E-state index is 0.133. The number of aryl methyl sites for hydroxylation is 1. The summed E-state index contributed by atoms with van der Waals surface area (Å²) in [5.41, 5.74) is 5.65. The second-order valence-electron chi connectivity index (χ2n) is 5.03. The maximum atomic E-state index is 12.0. The third kappa shape index (κ3) is 3.07. The number of amides is 1. The molecule has 0 saturated heterocycles. The standard InChI is InChI=1S/C12H21N5O/c1-17-8-15-16-11(17)7-14-12(18)10-4-2-9(6-13)3-5-10/h8-10H,2-7,13H2,1H3,(H,14,18). The van der Waals surface area contributed by atoms with E-state index >= 15 is 0 Å². The molecule has 1 aromatic heterocycles. The Labute approximate surface area is 107 Å². The highest BCUT2D eigenvalue weighted by molar-refractivity contribution is 5.78. The Hall–Kier alpha value is -1.43. The largest absolute Gasteiger partial charge is 0.349 e. The maximum absolute atomic E-state index is 12.0. The van der Waals surface area contributed by atoms with Gasteiger partial charge < -0.3 is 15.6 Å². The van der Waals surface area contributed by atoms with Crippen LogP contribution in [0.1, 0.15) is 31.5 Å². The molecular formula is C12H21N5O. The summed E-state index contributed by atoms with van der Waals surface area (Å²) >= 11 is 0. The molecule has 1 aliphatic rings. The zero-order valence-corrected chi connectivity index (χ0v) is 10.8. The molecule has 100 valence electrons. The minimum absolute atomic E-state index is 0.133. The summed E-state index contributed by atoms with van der Waals surface area (Å²) in [6, 6.07) is 0. The summed E-state index contributed by atoms with van der Waals surface area (Å²) in [6.45, 7) is 1.19. The highest BCUT2D eigenvalue weighted by atomic mass is 16.1. The van der Waals surface area contributed by atoms with Crippen LogP contribution in [0, 0.1) is 11.8 Å². The van der Waals surface area contributed by atoms with Crippen LogP contribution in [-0.2, 0) is 18.4 Å². The van der Waals surface area contributed by atoms with Crippen molar-refractivity contribution in [2.45, 2.75) is 32.2 Å². The SMILES string of the molecule is Cn1cnnc1CNC(=O)C1CCC(CN)CC1. The van der Waals surface area contributed by atoms with Gasteiger partial charge in [0.15, 0.2) is 5.82 Å². The smallest absolute Gasteiger partial charge is 0.223 e. The molecule has 1 saturated carbocycles. The van der Waals surface area contributed by atoms with E-state index in [1.54, 1.807) is 6.33 Å². The first kappa shape index (κ1) is 13.0. The van der Waals surface area contributed by atoms with Gasteiger partial charge in [-0.15, -0.1) is 10.2 Å². The van der Waals surface area contributed by atoms with Crippen LogP contribution in [0.3, 0.4) is 0 Å². The summed E-state index contributed by atoms with van der Waals surface area (Å²) in [5, 5.41) is 10.7. The van der Waals surface area contributed by atoms with Gasteiger partial charge in [0, 0.05) is 13.0 Å². The lowest BCUT2D eigenvalue weighted by Crippen LogP contribution is -2.34. The lowest BCUT2D eigenvalue weighted by Gasteiger charge is -2.26. The normalized spacial score (nSPS) is 23.9. The van der Waals surface area contributed by atoms with E-state index in [9.17, 15) is 4.79 Å². The molecule has 6 nitrogen and oxygen atoms in total. The van der Waals surface area contributed by atoms with E-state index in [0.717, 1.165) is 38.1 Å². The molecule has 0 bridgehead atoms. The van der Waals surface area contributed by atoms with Gasteiger partial charge >= 0.3 is 0 Å². The molecule has 1 aromatic rings. The number of carbonyl (C=O) groups excluding carboxylic acids is 1. The van der Waals surface area contributed by atoms with Crippen molar-refractivity contribution in [3.63, 3.8) is 0 Å². The molecular weight excluding hydrogens is 230 g/mol. The maximum Gasteiger partial charge on any atom is 0.223 e. The summed E-state index contributed by atoms with van der Waals surface area (Å²) < 4.78 is 1.81. The van der Waals surface area contributed by atoms with Crippen molar-refractivity contribution in [1.82, 2.24) is 20.1 Å². The molecule has 0 aliphatic heterocycles. The number of rotatable bonds is 4. The van der Waals surface area contributed by atoms with Gasteiger partial charge in [-0.05, 0) is 38.1 Å². The van der Waals surface area contributed by atoms with Gasteiger partial charge in [0.1, 0.15) is 6.33 Å². The lowest BCUT2D eigenvalue weighted by atomic mass is 9.81. The van der Waals surface area contributed by atoms with Crippen LogP contribution in [0.15, 0.2) is 6.33 Å². The third-order valence-corrected chi connectivity index (χ3v) is 3.78. The van der Waals surface area contributed by atoms with E-state index in [1.807, 2.05) is 11.6 Å². The van der Waals surface area contributed by atoms with E-state index in [2.05, 4.69) is 15.5 Å². The van der Waals surface area contributed by atoms with Gasteiger partial charge in [0.2, 0.25) is 5.91 Å². The van der Waals surface area contributed by atoms with Crippen LogP contribution < -0.4 is 11.1 Å². The topological polar surface area (TPSA) is 85.8 Å². The molecule has 0 spiro atoms. The van der Waals surface area contributed by atoms with Gasteiger partial charge in [-0.1, -0.05) is 0 Å². The first-order valence-electron chi connectivity index (χ1n) is 6.51. The van der Waals surface area contributed by atoms with Crippen LogP contribution in [0.4, 0.5) is 0 Å². The van der Waals surface area contributed by atoms with Gasteiger partial charge in [-0.3, -0.25) is 4.79 Å². The zero-order chi connectivity index (χ0) is 13.0. The molecule has 1 amide bonds. The van der Waals surface area contributed by atoms with Crippen LogP contribution >= 0.6 is 0 Å². The summed E-state index contributed by atoms with van der Waals surface area (Å²) in [5.74, 6) is 1.65. The number of carbonyl (C=O) groups is 1. The number of hydrogen-bond acceptors (Lipinski definition) is 4. The average Bonchev–Trinajstić information content (AvgIpc) is 2.81. The van der Waals surface area contributed by atoms with E-state index in [0.29, 0.717) is 12.5 Å². The molecule has 3 N–H and O–H groups in total. The first-order chi connectivity index (χ1) is 8.70. The number of nitrogens with two attached hydrogens (primary N) is 1. The number of hydrogen-bond donors (Lipinski definition) is 2. The fourth-order valence-electron chi connectivity index (χ4n) is 2.44. The molecule has 0 aromatic carbocycles. The van der Waals surface area contributed by atoms with Crippen LogP contribution in [-0.4, -0.2) is 27.2 Å². The van der Waals surface area contributed by atoms with Crippen molar-refractivity contribution < 1.29 is 4.79 Å². The van der Waals surface area contributed by atoms with Crippen molar-refractivity contribution in [2.24, 2.45) is 24.6 Å². The Balaban J connectivity index is 1.77. The molecule has 6 heteroatoms. The number of nitrogens with one attached hydrogen (secondary N) is 1. The van der Waals surface area contributed by atoms with Crippen molar-refractivity contribution in [2.75, 3.05) is 6.54 Å². The third-order valence-electron chi connectivity index (χ3n) is 3.78. The first-order valence-corrected chi connectivity index (χ1v) is 6.51. The van der Waals surface area contributed by atoms with Crippen molar-refractivity contribution in [1.29, 1.82) is 0 Å². The van der Waals surface area contributed by atoms with Crippen LogP contribution in [0.5, 0.6) is 0 Å². The highest BCUT2D eigenvalue weighted by Crippen LogP contribution is 2.28. The molecule has 18 heavy (non-hydrogen) atoms. The zero-order valence-electron chi connectivity index (χ0n) is 10.8. The monoisotopic (exact) mass is 251 g/mol. The van der Waals surface area contributed by atoms with E-state index < -0.39 is 0 Å². The van der Waals surface area contributed by atoms with E-state index in [4.69, 9.17) is 5.73 Å². The predicted molar refractivity (Wildman–Crippen MR) is 67.4 cm³/mol. The molecule has 1 fully saturated rings. The minimum Gasteiger partial charge on any atom is -0.349 e. The van der Waals surface area contributed by atoms with Crippen LogP contribution in [0.25, 0.3) is 0 Å². The fourth-order valence-corrected chi connectivity index (χ4v) is 2.44. The summed E-state index contributed by atoms with van der Waals surface area (Å²) in [6.07, 6.45) is 5.67. The summed E-state index contributed by atoms with van der Waals surface area (Å²) in [7, 11) is 1.87. The Kier molecular flexibility index (Phi) is 4.30. The van der Waals surface area contributed by atoms with Gasteiger partial charge in [-0.25, -0.2) is 0 Å². The molecule has 0 atom stereocenters. The second kappa shape index (κ2) is 5.95. The lowest BCUT2D eigenvalue weighted by molar-refractivity contribution is -0.126. The van der Waals surface area contributed by atoms with Gasteiger partial charge in [0.05, 0.1) is 6.54 Å². The molecule has 1 aliphatic carbocycles. The average molecular weight is 251 g/mol. The number of aromatic nitrogens is 3. The van der Waals surface area contributed by atoms with Gasteiger partial charge in [0.25, 0.3) is 0 Å². The molecule has 0 unspecified atom stereocenters. The Morgan fingerprint density at radius 1 is 1.50 bits per heavy atom. The van der Waals surface area contributed by atoms with Crippen molar-refractivity contribution >= 4 is 5.91 Å². The molecule has 0 radical (unpaired) electrons. The van der Waals surface area contributed by atoms with E-state index in [1.165, 1.54) is 0 Å². The molecule has 1 heterocycles. The van der Waals surface area contributed by atoms with E-state index in [-0.39, 0.29) is 11.8 Å². The second-order valence-corrected chi connectivity index (χ2v) is 5.03. The van der Waals surface area contributed by atoms with Gasteiger partial charge in [-0.2, -0.15) is 0 Å². The Bertz CT molecular complexity index is 395.